The largest absolute Gasteiger partial charge is 0.341 e. The first kappa shape index (κ1) is 17.4. The minimum atomic E-state index is 0.719. The Labute approximate surface area is 162 Å². The highest BCUT2D eigenvalue weighted by molar-refractivity contribution is 7.99. The molecule has 0 amide bonds. The van der Waals surface area contributed by atoms with Crippen molar-refractivity contribution in [3.8, 4) is 5.69 Å². The maximum Gasteiger partial charge on any atom is 0.232 e. The number of benzene rings is 1. The van der Waals surface area contributed by atoms with Crippen LogP contribution < -0.4 is 4.90 Å². The Kier molecular flexibility index (Phi) is 5.41. The summed E-state index contributed by atoms with van der Waals surface area (Å²) in [6, 6.07) is 12.0. The lowest BCUT2D eigenvalue weighted by Crippen LogP contribution is -2.22. The Balaban J connectivity index is 1.59. The average Bonchev–Trinajstić information content (AvgIpc) is 3.32. The van der Waals surface area contributed by atoms with Crippen LogP contribution in [0.5, 0.6) is 0 Å². The van der Waals surface area contributed by atoms with Crippen molar-refractivity contribution in [2.75, 3.05) is 23.7 Å². The van der Waals surface area contributed by atoms with E-state index in [-0.39, 0.29) is 0 Å². The van der Waals surface area contributed by atoms with Gasteiger partial charge in [0.2, 0.25) is 5.95 Å². The quantitative estimate of drug-likeness (QED) is 0.593. The van der Waals surface area contributed by atoms with Gasteiger partial charge in [0.25, 0.3) is 0 Å². The zero-order valence-electron chi connectivity index (χ0n) is 14.4. The normalized spacial score (nSPS) is 14.1. The Bertz CT molecular complexity index is 861. The molecule has 0 aliphatic carbocycles. The van der Waals surface area contributed by atoms with Crippen LogP contribution in [0.3, 0.4) is 0 Å². The molecule has 5 nitrogen and oxygen atoms in total. The molecule has 3 aromatic rings. The minimum absolute atomic E-state index is 0.719. The highest BCUT2D eigenvalue weighted by Gasteiger charge is 2.22. The van der Waals surface area contributed by atoms with Crippen LogP contribution in [-0.2, 0) is 6.42 Å². The number of halogens is 1. The third-order valence-electron chi connectivity index (χ3n) is 4.44. The van der Waals surface area contributed by atoms with Gasteiger partial charge in [-0.1, -0.05) is 29.4 Å². The van der Waals surface area contributed by atoms with Crippen LogP contribution in [0.2, 0.25) is 5.02 Å². The molecule has 1 aromatic carbocycles. The predicted molar refractivity (Wildman–Crippen MR) is 106 cm³/mol. The fourth-order valence-corrected chi connectivity index (χ4v) is 4.25. The molecule has 3 heterocycles. The summed E-state index contributed by atoms with van der Waals surface area (Å²) in [6.07, 6.45) is 7.04. The maximum absolute atomic E-state index is 6.23. The van der Waals surface area contributed by atoms with Crippen LogP contribution >= 0.6 is 23.4 Å². The number of aryl methyl sites for hydroxylation is 1. The summed E-state index contributed by atoms with van der Waals surface area (Å²) in [5.41, 5.74) is 2.29. The molecule has 0 bridgehead atoms. The summed E-state index contributed by atoms with van der Waals surface area (Å²) in [6.45, 7) is 2.06. The highest BCUT2D eigenvalue weighted by Crippen LogP contribution is 2.29. The first-order valence-corrected chi connectivity index (χ1v) is 10.2. The Hall–Kier alpha value is -2.05. The van der Waals surface area contributed by atoms with Crippen molar-refractivity contribution >= 4 is 29.3 Å². The summed E-state index contributed by atoms with van der Waals surface area (Å²) in [7, 11) is 0. The molecule has 7 heteroatoms. The van der Waals surface area contributed by atoms with Gasteiger partial charge in [0.15, 0.2) is 5.16 Å². The predicted octanol–water partition coefficient (Wildman–Crippen LogP) is 4.25. The monoisotopic (exact) mass is 385 g/mol. The van der Waals surface area contributed by atoms with Gasteiger partial charge >= 0.3 is 0 Å². The molecule has 1 fully saturated rings. The molecule has 4 rings (SSSR count). The third-order valence-corrected chi connectivity index (χ3v) is 5.61. The number of hydrogen-bond donors (Lipinski definition) is 0. The second kappa shape index (κ2) is 8.10. The van der Waals surface area contributed by atoms with Crippen LogP contribution in [0.25, 0.3) is 5.69 Å². The van der Waals surface area contributed by atoms with Crippen molar-refractivity contribution in [1.82, 2.24) is 19.7 Å². The number of hydrogen-bond acceptors (Lipinski definition) is 5. The molecule has 0 saturated carbocycles. The van der Waals surface area contributed by atoms with Crippen molar-refractivity contribution in [3.63, 3.8) is 0 Å². The molecule has 1 saturated heterocycles. The Morgan fingerprint density at radius 3 is 2.62 bits per heavy atom. The molecule has 0 N–H and O–H groups in total. The van der Waals surface area contributed by atoms with Gasteiger partial charge in [-0.3, -0.25) is 9.55 Å². The van der Waals surface area contributed by atoms with Gasteiger partial charge in [0, 0.05) is 36.3 Å². The zero-order valence-corrected chi connectivity index (χ0v) is 16.0. The highest BCUT2D eigenvalue weighted by atomic mass is 35.5. The van der Waals surface area contributed by atoms with Gasteiger partial charge in [-0.15, -0.1) is 10.2 Å². The lowest BCUT2D eigenvalue weighted by molar-refractivity contribution is 0.841. The molecule has 1 aliphatic rings. The van der Waals surface area contributed by atoms with Crippen LogP contribution in [-0.4, -0.2) is 38.6 Å². The van der Waals surface area contributed by atoms with Crippen LogP contribution in [0, 0.1) is 0 Å². The van der Waals surface area contributed by atoms with E-state index in [1.165, 1.54) is 18.4 Å². The standard InChI is InChI=1S/C19H20ClN5S/c20-16-4-3-5-17(14-16)25-18(24-11-1-2-12-24)22-23-19(25)26-13-8-15-6-9-21-10-7-15/h3-7,9-10,14H,1-2,8,11-13H2. The number of aromatic nitrogens is 4. The lowest BCUT2D eigenvalue weighted by atomic mass is 10.2. The number of nitrogens with zero attached hydrogens (tertiary/aromatic N) is 5. The summed E-state index contributed by atoms with van der Waals surface area (Å²) in [5.74, 6) is 1.85. The summed E-state index contributed by atoms with van der Waals surface area (Å²) in [5, 5.41) is 10.6. The van der Waals surface area contributed by atoms with Gasteiger partial charge in [0.05, 0.1) is 5.69 Å². The second-order valence-electron chi connectivity index (χ2n) is 6.25. The molecular formula is C19H20ClN5S. The van der Waals surface area contributed by atoms with E-state index in [1.807, 2.05) is 30.6 Å². The van der Waals surface area contributed by atoms with Crippen molar-refractivity contribution in [2.24, 2.45) is 0 Å². The topological polar surface area (TPSA) is 46.8 Å². The van der Waals surface area contributed by atoms with Gasteiger partial charge in [-0.2, -0.15) is 0 Å². The molecule has 134 valence electrons. The van der Waals surface area contributed by atoms with Crippen molar-refractivity contribution < 1.29 is 0 Å². The van der Waals surface area contributed by atoms with Crippen molar-refractivity contribution in [3.05, 3.63) is 59.4 Å². The lowest BCUT2D eigenvalue weighted by Gasteiger charge is -2.18. The van der Waals surface area contributed by atoms with Gasteiger partial charge in [-0.25, -0.2) is 0 Å². The van der Waals surface area contributed by atoms with Gasteiger partial charge in [-0.05, 0) is 55.2 Å². The average molecular weight is 386 g/mol. The Morgan fingerprint density at radius 1 is 1.04 bits per heavy atom. The summed E-state index contributed by atoms with van der Waals surface area (Å²) in [4.78, 5) is 6.38. The number of pyridine rings is 1. The SMILES string of the molecule is Clc1cccc(-n2c(SCCc3ccncc3)nnc2N2CCCC2)c1. The van der Waals surface area contributed by atoms with Crippen LogP contribution in [0.1, 0.15) is 18.4 Å². The first-order valence-electron chi connectivity index (χ1n) is 8.79. The molecule has 26 heavy (non-hydrogen) atoms. The van der Waals surface area contributed by atoms with Crippen LogP contribution in [0.4, 0.5) is 5.95 Å². The van der Waals surface area contributed by atoms with Gasteiger partial charge in [0.1, 0.15) is 0 Å². The fourth-order valence-electron chi connectivity index (χ4n) is 3.13. The van der Waals surface area contributed by atoms with E-state index in [1.54, 1.807) is 11.8 Å². The van der Waals surface area contributed by atoms with Crippen molar-refractivity contribution in [2.45, 2.75) is 24.4 Å². The van der Waals surface area contributed by atoms with E-state index in [2.05, 4.69) is 42.8 Å². The van der Waals surface area contributed by atoms with Gasteiger partial charge < -0.3 is 4.90 Å². The third kappa shape index (κ3) is 3.86. The zero-order chi connectivity index (χ0) is 17.8. The van der Waals surface area contributed by atoms with E-state index < -0.39 is 0 Å². The fraction of sp³-hybridized carbons (Fsp3) is 0.316. The number of rotatable bonds is 6. The molecule has 0 spiro atoms. The Morgan fingerprint density at radius 2 is 1.85 bits per heavy atom. The first-order chi connectivity index (χ1) is 12.8. The van der Waals surface area contributed by atoms with E-state index in [0.717, 1.165) is 47.1 Å². The maximum atomic E-state index is 6.23. The molecule has 0 radical (unpaired) electrons. The number of anilines is 1. The minimum Gasteiger partial charge on any atom is -0.341 e. The second-order valence-corrected chi connectivity index (χ2v) is 7.74. The van der Waals surface area contributed by atoms with Crippen LogP contribution in [0.15, 0.2) is 53.9 Å². The van der Waals surface area contributed by atoms with E-state index >= 15 is 0 Å². The van der Waals surface area contributed by atoms with Crippen molar-refractivity contribution in [1.29, 1.82) is 0 Å². The molecule has 2 aromatic heterocycles. The molecule has 1 aliphatic heterocycles. The summed E-state index contributed by atoms with van der Waals surface area (Å²) < 4.78 is 2.13. The van der Waals surface area contributed by atoms with E-state index in [4.69, 9.17) is 11.6 Å². The molecule has 0 unspecified atom stereocenters. The van der Waals surface area contributed by atoms with E-state index in [0.29, 0.717) is 0 Å². The van der Waals surface area contributed by atoms with E-state index in [9.17, 15) is 0 Å². The molecule has 0 atom stereocenters. The summed E-state index contributed by atoms with van der Waals surface area (Å²) >= 11 is 7.95. The molecular weight excluding hydrogens is 366 g/mol. The smallest absolute Gasteiger partial charge is 0.232 e. The number of thioether (sulfide) groups is 1.